The maximum Gasteiger partial charge on any atom is 0.251 e. The topological polar surface area (TPSA) is 98.8 Å². The van der Waals surface area contributed by atoms with Gasteiger partial charge in [-0.2, -0.15) is 4.31 Å². The average Bonchev–Trinajstić information content (AvgIpc) is 2.69. The molecule has 2 aliphatic heterocycles. The van der Waals surface area contributed by atoms with Crippen LogP contribution in [0.15, 0.2) is 29.2 Å². The maximum absolute atomic E-state index is 12.9. The number of hydrogen-bond donors (Lipinski definition) is 2. The Morgan fingerprint density at radius 3 is 2.36 bits per heavy atom. The largest absolute Gasteiger partial charge is 0.349 e. The van der Waals surface area contributed by atoms with Gasteiger partial charge in [0.1, 0.15) is 0 Å². The molecule has 1 aromatic rings. The Hall–Kier alpha value is -1.68. The number of sulfonamides is 1. The summed E-state index contributed by atoms with van der Waals surface area (Å²) >= 11 is 0. The Morgan fingerprint density at radius 1 is 1.11 bits per heavy atom. The van der Waals surface area contributed by atoms with Gasteiger partial charge in [-0.15, -0.1) is 12.4 Å². The van der Waals surface area contributed by atoms with Crippen molar-refractivity contribution in [2.24, 2.45) is 0 Å². The lowest BCUT2D eigenvalue weighted by atomic mass is 10.1. The summed E-state index contributed by atoms with van der Waals surface area (Å²) in [4.78, 5) is 25.7. The summed E-state index contributed by atoms with van der Waals surface area (Å²) in [7, 11) is -3.69. The molecule has 2 heterocycles. The highest BCUT2D eigenvalue weighted by Gasteiger charge is 2.29. The van der Waals surface area contributed by atoms with E-state index in [1.807, 2.05) is 0 Å². The highest BCUT2D eigenvalue weighted by Crippen LogP contribution is 2.19. The smallest absolute Gasteiger partial charge is 0.251 e. The molecule has 3 rings (SSSR count). The van der Waals surface area contributed by atoms with Crippen LogP contribution < -0.4 is 10.6 Å². The molecule has 2 saturated heterocycles. The maximum atomic E-state index is 12.9. The Bertz CT molecular complexity index is 804. The number of hydrogen-bond acceptors (Lipinski definition) is 5. The average molecular weight is 431 g/mol. The SMILES string of the molecule is CC(=O)N1CCN(S(=O)(=O)c2cccc(C(=O)NC3CCNCC3)c2)CC1.Cl. The Morgan fingerprint density at radius 2 is 1.75 bits per heavy atom. The van der Waals surface area contributed by atoms with Crippen LogP contribution >= 0.6 is 12.4 Å². The van der Waals surface area contributed by atoms with E-state index < -0.39 is 10.0 Å². The van der Waals surface area contributed by atoms with E-state index in [0.29, 0.717) is 18.7 Å². The molecule has 0 saturated carbocycles. The molecule has 2 aliphatic rings. The molecular formula is C18H27ClN4O4S. The fourth-order valence-electron chi connectivity index (χ4n) is 3.43. The molecule has 0 aromatic heterocycles. The zero-order chi connectivity index (χ0) is 19.4. The third-order valence-corrected chi connectivity index (χ3v) is 6.99. The zero-order valence-corrected chi connectivity index (χ0v) is 17.5. The molecule has 2 N–H and O–H groups in total. The number of piperidine rings is 1. The van der Waals surface area contributed by atoms with E-state index in [4.69, 9.17) is 0 Å². The molecule has 0 atom stereocenters. The molecule has 10 heteroatoms. The molecule has 0 aliphatic carbocycles. The van der Waals surface area contributed by atoms with Crippen molar-refractivity contribution in [3.8, 4) is 0 Å². The molecule has 8 nitrogen and oxygen atoms in total. The number of nitrogens with zero attached hydrogens (tertiary/aromatic N) is 2. The standard InChI is InChI=1S/C18H26N4O4S.ClH/c1-14(23)21-9-11-22(12-10-21)27(25,26)17-4-2-3-15(13-17)18(24)20-16-5-7-19-8-6-16;/h2-4,13,16,19H,5-12H2,1H3,(H,20,24);1H. The van der Waals surface area contributed by atoms with Gasteiger partial charge in [0.05, 0.1) is 4.90 Å². The van der Waals surface area contributed by atoms with Gasteiger partial charge in [0.25, 0.3) is 5.91 Å². The zero-order valence-electron chi connectivity index (χ0n) is 15.9. The van der Waals surface area contributed by atoms with Crippen LogP contribution in [-0.4, -0.2) is 74.7 Å². The van der Waals surface area contributed by atoms with Crippen LogP contribution in [0, 0.1) is 0 Å². The summed E-state index contributed by atoms with van der Waals surface area (Å²) in [6.07, 6.45) is 1.73. The van der Waals surface area contributed by atoms with Crippen LogP contribution in [0.3, 0.4) is 0 Å². The summed E-state index contributed by atoms with van der Waals surface area (Å²) in [5.74, 6) is -0.302. The van der Waals surface area contributed by atoms with Gasteiger partial charge in [-0.05, 0) is 44.1 Å². The van der Waals surface area contributed by atoms with E-state index in [-0.39, 0.29) is 48.2 Å². The van der Waals surface area contributed by atoms with Crippen molar-refractivity contribution >= 4 is 34.2 Å². The van der Waals surface area contributed by atoms with Crippen LogP contribution in [0.5, 0.6) is 0 Å². The first-order valence-electron chi connectivity index (χ1n) is 9.25. The molecule has 156 valence electrons. The normalized spacial score (nSPS) is 19.0. The van der Waals surface area contributed by atoms with Crippen molar-refractivity contribution in [1.29, 1.82) is 0 Å². The Kier molecular flexibility index (Phi) is 7.82. The molecular weight excluding hydrogens is 404 g/mol. The van der Waals surface area contributed by atoms with Crippen LogP contribution in [0.2, 0.25) is 0 Å². The fourth-order valence-corrected chi connectivity index (χ4v) is 4.89. The minimum atomic E-state index is -3.69. The van der Waals surface area contributed by atoms with E-state index in [1.165, 1.54) is 23.4 Å². The van der Waals surface area contributed by atoms with E-state index >= 15 is 0 Å². The van der Waals surface area contributed by atoms with E-state index in [0.717, 1.165) is 25.9 Å². The molecule has 0 unspecified atom stereocenters. The number of amides is 2. The van der Waals surface area contributed by atoms with Crippen molar-refractivity contribution in [2.45, 2.75) is 30.7 Å². The number of carbonyl (C=O) groups excluding carboxylic acids is 2. The van der Waals surface area contributed by atoms with Crippen LogP contribution in [0.4, 0.5) is 0 Å². The van der Waals surface area contributed by atoms with Gasteiger partial charge in [-0.1, -0.05) is 6.07 Å². The highest BCUT2D eigenvalue weighted by molar-refractivity contribution is 7.89. The van der Waals surface area contributed by atoms with Crippen LogP contribution in [-0.2, 0) is 14.8 Å². The van der Waals surface area contributed by atoms with Gasteiger partial charge in [-0.3, -0.25) is 9.59 Å². The van der Waals surface area contributed by atoms with Crippen molar-refractivity contribution in [3.63, 3.8) is 0 Å². The third-order valence-electron chi connectivity index (χ3n) is 5.09. The van der Waals surface area contributed by atoms with Gasteiger partial charge in [0.2, 0.25) is 15.9 Å². The van der Waals surface area contributed by atoms with E-state index in [9.17, 15) is 18.0 Å². The third kappa shape index (κ3) is 5.22. The lowest BCUT2D eigenvalue weighted by molar-refractivity contribution is -0.129. The summed E-state index contributed by atoms with van der Waals surface area (Å²) in [6.45, 7) is 4.49. The molecule has 0 spiro atoms. The minimum Gasteiger partial charge on any atom is -0.349 e. The van der Waals surface area contributed by atoms with Crippen molar-refractivity contribution in [2.75, 3.05) is 39.3 Å². The first-order chi connectivity index (χ1) is 12.9. The molecule has 0 bridgehead atoms. The lowest BCUT2D eigenvalue weighted by Gasteiger charge is -2.33. The second-order valence-electron chi connectivity index (χ2n) is 6.94. The minimum absolute atomic E-state index is 0. The van der Waals surface area contributed by atoms with Crippen molar-refractivity contribution < 1.29 is 18.0 Å². The summed E-state index contributed by atoms with van der Waals surface area (Å²) in [5, 5.41) is 6.22. The van der Waals surface area contributed by atoms with Crippen molar-refractivity contribution in [3.05, 3.63) is 29.8 Å². The predicted molar refractivity (Wildman–Crippen MR) is 108 cm³/mol. The lowest BCUT2D eigenvalue weighted by Crippen LogP contribution is -2.49. The van der Waals surface area contributed by atoms with Gasteiger partial charge < -0.3 is 15.5 Å². The fraction of sp³-hybridized carbons (Fsp3) is 0.556. The quantitative estimate of drug-likeness (QED) is 0.722. The highest BCUT2D eigenvalue weighted by atomic mass is 35.5. The Balaban J connectivity index is 0.00000280. The summed E-state index contributed by atoms with van der Waals surface area (Å²) < 4.78 is 27.2. The first kappa shape index (κ1) is 22.6. The summed E-state index contributed by atoms with van der Waals surface area (Å²) in [5.41, 5.74) is 0.344. The molecule has 2 fully saturated rings. The Labute approximate surface area is 172 Å². The van der Waals surface area contributed by atoms with E-state index in [1.54, 1.807) is 17.0 Å². The first-order valence-corrected chi connectivity index (χ1v) is 10.7. The number of benzene rings is 1. The van der Waals surface area contributed by atoms with Gasteiger partial charge in [-0.25, -0.2) is 8.42 Å². The van der Waals surface area contributed by atoms with E-state index in [2.05, 4.69) is 10.6 Å². The number of nitrogens with one attached hydrogen (secondary N) is 2. The number of piperazine rings is 1. The molecule has 0 radical (unpaired) electrons. The second kappa shape index (κ2) is 9.69. The summed E-state index contributed by atoms with van der Waals surface area (Å²) in [6, 6.07) is 6.27. The number of rotatable bonds is 4. The molecule has 2 amide bonds. The van der Waals surface area contributed by atoms with Crippen molar-refractivity contribution in [1.82, 2.24) is 19.8 Å². The predicted octanol–water partition coefficient (Wildman–Crippen LogP) is 0.443. The van der Waals surface area contributed by atoms with Gasteiger partial charge in [0, 0.05) is 44.7 Å². The monoisotopic (exact) mass is 430 g/mol. The van der Waals surface area contributed by atoms with Gasteiger partial charge in [0.15, 0.2) is 0 Å². The second-order valence-corrected chi connectivity index (χ2v) is 8.87. The number of halogens is 1. The molecule has 1 aromatic carbocycles. The number of carbonyl (C=O) groups is 2. The molecule has 28 heavy (non-hydrogen) atoms. The van der Waals surface area contributed by atoms with Crippen LogP contribution in [0.1, 0.15) is 30.1 Å². The van der Waals surface area contributed by atoms with Gasteiger partial charge >= 0.3 is 0 Å². The van der Waals surface area contributed by atoms with Crippen LogP contribution in [0.25, 0.3) is 0 Å².